The van der Waals surface area contributed by atoms with Crippen LogP contribution < -0.4 is 0 Å². The molecule has 2 heterocycles. The predicted molar refractivity (Wildman–Crippen MR) is 68.3 cm³/mol. The van der Waals surface area contributed by atoms with Gasteiger partial charge >= 0.3 is 0 Å². The Hall–Kier alpha value is -0.160. The number of aliphatic hydroxyl groups is 1. The van der Waals surface area contributed by atoms with Gasteiger partial charge in [0.15, 0.2) is 12.1 Å². The van der Waals surface area contributed by atoms with Crippen LogP contribution in [0.2, 0.25) is 0 Å². The van der Waals surface area contributed by atoms with Crippen LogP contribution in [-0.4, -0.2) is 37.0 Å². The van der Waals surface area contributed by atoms with E-state index in [0.717, 1.165) is 25.7 Å². The third kappa shape index (κ3) is 1.29. The quantitative estimate of drug-likeness (QED) is 0.729. The second-order valence-electron chi connectivity index (χ2n) is 7.29. The van der Waals surface area contributed by atoms with E-state index in [2.05, 4.69) is 13.8 Å². The summed E-state index contributed by atoms with van der Waals surface area (Å²) in [5, 5.41) is 10.5. The minimum Gasteiger partial charge on any atom is -0.367 e. The van der Waals surface area contributed by atoms with Gasteiger partial charge in [0.05, 0.1) is 19.8 Å². The van der Waals surface area contributed by atoms with E-state index in [1.807, 2.05) is 0 Å². The van der Waals surface area contributed by atoms with Crippen LogP contribution in [0, 0.1) is 22.7 Å². The lowest BCUT2D eigenvalue weighted by Gasteiger charge is -2.74. The van der Waals surface area contributed by atoms with Crippen LogP contribution in [-0.2, 0) is 14.2 Å². The monoisotopic (exact) mass is 268 g/mol. The van der Waals surface area contributed by atoms with E-state index in [9.17, 15) is 5.11 Å². The van der Waals surface area contributed by atoms with Gasteiger partial charge < -0.3 is 19.3 Å². The lowest BCUT2D eigenvalue weighted by molar-refractivity contribution is -0.413. The van der Waals surface area contributed by atoms with Crippen molar-refractivity contribution in [3.63, 3.8) is 0 Å². The molecular weight excluding hydrogens is 244 g/mol. The standard InChI is InChI=1S/C15H24O4/c1-13(2)10-4-7-17-12(16)14(10)5-3-6-15(11(13)14)18-8-9-19-15/h10-12,16H,3-9H2,1-2H3/t10-,11-,12?,14-/m1/s1. The fraction of sp³-hybridized carbons (Fsp3) is 1.00. The van der Waals surface area contributed by atoms with Crippen molar-refractivity contribution in [1.82, 2.24) is 0 Å². The molecule has 0 aromatic heterocycles. The minimum atomic E-state index is -0.644. The van der Waals surface area contributed by atoms with Gasteiger partial charge in [-0.1, -0.05) is 13.8 Å². The Kier molecular flexibility index (Phi) is 2.47. The first-order valence-electron chi connectivity index (χ1n) is 7.62. The molecule has 1 unspecified atom stereocenters. The molecule has 2 aliphatic heterocycles. The van der Waals surface area contributed by atoms with Crippen LogP contribution in [0.5, 0.6) is 0 Å². The summed E-state index contributed by atoms with van der Waals surface area (Å²) in [5.41, 5.74) is 0.0276. The van der Waals surface area contributed by atoms with Gasteiger partial charge in [-0.15, -0.1) is 0 Å². The molecule has 0 radical (unpaired) electrons. The molecule has 4 rings (SSSR count). The molecular formula is C15H24O4. The van der Waals surface area contributed by atoms with Gasteiger partial charge in [-0.3, -0.25) is 0 Å². The van der Waals surface area contributed by atoms with Gasteiger partial charge in [0.2, 0.25) is 0 Å². The van der Waals surface area contributed by atoms with Crippen molar-refractivity contribution < 1.29 is 19.3 Å². The topological polar surface area (TPSA) is 47.9 Å². The van der Waals surface area contributed by atoms with Gasteiger partial charge in [-0.05, 0) is 30.6 Å². The highest BCUT2D eigenvalue weighted by molar-refractivity contribution is 5.21. The Balaban J connectivity index is 1.79. The zero-order valence-corrected chi connectivity index (χ0v) is 11.9. The van der Waals surface area contributed by atoms with E-state index in [4.69, 9.17) is 14.2 Å². The Morgan fingerprint density at radius 3 is 2.53 bits per heavy atom. The van der Waals surface area contributed by atoms with E-state index >= 15 is 0 Å². The molecule has 1 N–H and O–H groups in total. The van der Waals surface area contributed by atoms with Crippen LogP contribution in [0.3, 0.4) is 0 Å². The SMILES string of the molecule is CC1(C)[C@H]2CCOC(O)[C@]23CCCC2(OCCO2)[C@H]13. The maximum atomic E-state index is 10.5. The Morgan fingerprint density at radius 1 is 1.05 bits per heavy atom. The first-order chi connectivity index (χ1) is 9.04. The highest BCUT2D eigenvalue weighted by Gasteiger charge is 2.77. The van der Waals surface area contributed by atoms with Crippen molar-refractivity contribution in [3.05, 3.63) is 0 Å². The maximum Gasteiger partial charge on any atom is 0.172 e. The molecule has 0 amide bonds. The summed E-state index contributed by atoms with van der Waals surface area (Å²) in [7, 11) is 0. The molecule has 4 atom stereocenters. The molecule has 4 aliphatic rings. The van der Waals surface area contributed by atoms with Gasteiger partial charge in [-0.2, -0.15) is 0 Å². The molecule has 2 saturated heterocycles. The largest absolute Gasteiger partial charge is 0.367 e. The third-order valence-electron chi connectivity index (χ3n) is 6.32. The molecule has 4 fully saturated rings. The van der Waals surface area contributed by atoms with Crippen LogP contribution >= 0.6 is 0 Å². The number of hydrogen-bond acceptors (Lipinski definition) is 4. The zero-order valence-electron chi connectivity index (χ0n) is 11.9. The summed E-state index contributed by atoms with van der Waals surface area (Å²) in [5.74, 6) is 0.322. The average Bonchev–Trinajstić information content (AvgIpc) is 2.80. The number of fused-ring (bicyclic) bond motifs is 1. The van der Waals surface area contributed by atoms with E-state index in [1.165, 1.54) is 0 Å². The van der Waals surface area contributed by atoms with Gasteiger partial charge in [0.1, 0.15) is 0 Å². The molecule has 0 aromatic carbocycles. The molecule has 0 aromatic rings. The Morgan fingerprint density at radius 2 is 1.79 bits per heavy atom. The molecule has 0 bridgehead atoms. The van der Waals surface area contributed by atoms with Crippen molar-refractivity contribution in [1.29, 1.82) is 0 Å². The van der Waals surface area contributed by atoms with Crippen molar-refractivity contribution in [2.75, 3.05) is 19.8 Å². The second-order valence-corrected chi connectivity index (χ2v) is 7.29. The summed E-state index contributed by atoms with van der Waals surface area (Å²) in [6.07, 6.45) is 3.47. The predicted octanol–water partition coefficient (Wildman–Crippen LogP) is 1.91. The second kappa shape index (κ2) is 3.73. The number of rotatable bonds is 0. The molecule has 2 aliphatic carbocycles. The Labute approximate surface area is 114 Å². The first kappa shape index (κ1) is 12.6. The highest BCUT2D eigenvalue weighted by atomic mass is 16.7. The normalized spacial score (nSPS) is 50.4. The van der Waals surface area contributed by atoms with Crippen LogP contribution in [0.25, 0.3) is 0 Å². The van der Waals surface area contributed by atoms with E-state index in [-0.39, 0.29) is 16.7 Å². The van der Waals surface area contributed by atoms with Crippen LogP contribution in [0.1, 0.15) is 39.5 Å². The highest BCUT2D eigenvalue weighted by Crippen LogP contribution is 2.75. The molecule has 4 nitrogen and oxygen atoms in total. The summed E-state index contributed by atoms with van der Waals surface area (Å²) in [6.45, 7) is 6.68. The molecule has 2 saturated carbocycles. The Bertz CT molecular complexity index is 388. The number of hydrogen-bond donors (Lipinski definition) is 1. The van der Waals surface area contributed by atoms with E-state index < -0.39 is 12.1 Å². The molecule has 19 heavy (non-hydrogen) atoms. The van der Waals surface area contributed by atoms with Crippen molar-refractivity contribution in [3.8, 4) is 0 Å². The van der Waals surface area contributed by atoms with Crippen LogP contribution in [0.15, 0.2) is 0 Å². The lowest BCUT2D eigenvalue weighted by Crippen LogP contribution is -2.76. The fourth-order valence-electron chi connectivity index (χ4n) is 6.08. The molecule has 108 valence electrons. The maximum absolute atomic E-state index is 10.5. The average molecular weight is 268 g/mol. The summed E-state index contributed by atoms with van der Waals surface area (Å²) in [4.78, 5) is 0. The van der Waals surface area contributed by atoms with Crippen molar-refractivity contribution >= 4 is 0 Å². The van der Waals surface area contributed by atoms with Gasteiger partial charge in [0.25, 0.3) is 0 Å². The fourth-order valence-corrected chi connectivity index (χ4v) is 6.08. The van der Waals surface area contributed by atoms with Crippen molar-refractivity contribution in [2.24, 2.45) is 22.7 Å². The zero-order chi connectivity index (χ0) is 13.3. The lowest BCUT2D eigenvalue weighted by atomic mass is 9.33. The number of aliphatic hydroxyl groups excluding tert-OH is 1. The summed E-state index contributed by atoms with van der Waals surface area (Å²) < 4.78 is 17.7. The van der Waals surface area contributed by atoms with E-state index in [0.29, 0.717) is 25.7 Å². The van der Waals surface area contributed by atoms with Gasteiger partial charge in [0, 0.05) is 17.8 Å². The summed E-state index contributed by atoms with van der Waals surface area (Å²) in [6, 6.07) is 0. The van der Waals surface area contributed by atoms with E-state index in [1.54, 1.807) is 0 Å². The number of ether oxygens (including phenoxy) is 3. The minimum absolute atomic E-state index is 0.135. The smallest absolute Gasteiger partial charge is 0.172 e. The van der Waals surface area contributed by atoms with Crippen molar-refractivity contribution in [2.45, 2.75) is 51.6 Å². The third-order valence-corrected chi connectivity index (χ3v) is 6.32. The molecule has 4 heteroatoms. The summed E-state index contributed by atoms with van der Waals surface area (Å²) >= 11 is 0. The van der Waals surface area contributed by atoms with Gasteiger partial charge in [-0.25, -0.2) is 0 Å². The first-order valence-corrected chi connectivity index (χ1v) is 7.62. The molecule has 2 spiro atoms. The van der Waals surface area contributed by atoms with Crippen LogP contribution in [0.4, 0.5) is 0 Å².